The van der Waals surface area contributed by atoms with Gasteiger partial charge in [0.2, 0.25) is 0 Å². The van der Waals surface area contributed by atoms with Crippen LogP contribution in [0.15, 0.2) is 0 Å². The SMILES string of the molecule is CC1CCC[C@@H](O[C@@H]2OC(CO)[C@H](O)C3O[C@@H](CO)CCCCOC32)C1O[C@@H]1OC(C)[C@@H](O)C(O)[C@@H]1O. The van der Waals surface area contributed by atoms with Gasteiger partial charge in [-0.1, -0.05) is 13.3 Å². The van der Waals surface area contributed by atoms with Crippen molar-refractivity contribution in [3.8, 4) is 0 Å². The maximum absolute atomic E-state index is 10.9. The van der Waals surface area contributed by atoms with E-state index in [9.17, 15) is 30.6 Å². The average molecular weight is 537 g/mol. The molecule has 14 atom stereocenters. The van der Waals surface area contributed by atoms with Crippen LogP contribution >= 0.6 is 0 Å². The summed E-state index contributed by atoms with van der Waals surface area (Å²) in [4.78, 5) is 0. The van der Waals surface area contributed by atoms with Crippen LogP contribution in [0.1, 0.15) is 52.4 Å². The third-order valence-electron chi connectivity index (χ3n) is 8.07. The predicted octanol–water partition coefficient (Wildman–Crippen LogP) is -1.20. The van der Waals surface area contributed by atoms with Crippen molar-refractivity contribution in [2.75, 3.05) is 19.8 Å². The third-order valence-corrected chi connectivity index (χ3v) is 8.07. The van der Waals surface area contributed by atoms with Crippen molar-refractivity contribution in [3.05, 3.63) is 0 Å². The Morgan fingerprint density at radius 3 is 2.22 bits per heavy atom. The van der Waals surface area contributed by atoms with Crippen molar-refractivity contribution in [1.29, 1.82) is 0 Å². The van der Waals surface area contributed by atoms with Crippen LogP contribution in [0.4, 0.5) is 0 Å². The summed E-state index contributed by atoms with van der Waals surface area (Å²) < 4.78 is 36.4. The fourth-order valence-electron chi connectivity index (χ4n) is 5.76. The molecule has 3 saturated heterocycles. The normalized spacial score (nSPS) is 49.9. The maximum atomic E-state index is 10.9. The number of aliphatic hydroxyl groups excluding tert-OH is 6. The summed E-state index contributed by atoms with van der Waals surface area (Å²) in [6.45, 7) is 3.33. The van der Waals surface area contributed by atoms with Gasteiger partial charge in [-0.05, 0) is 44.9 Å². The van der Waals surface area contributed by atoms with Crippen LogP contribution in [0.2, 0.25) is 0 Å². The molecule has 1 saturated carbocycles. The fourth-order valence-corrected chi connectivity index (χ4v) is 5.76. The van der Waals surface area contributed by atoms with Crippen LogP contribution < -0.4 is 0 Å². The Kier molecular flexibility index (Phi) is 10.6. The standard InChI is InChI=1S/C25H44O12/c1-12-6-5-8-15(21(12)37-24-20(31)19(30)17(28)13(2)33-24)35-25-23-22(18(29)16(11-27)36-25)34-14(10-26)7-3-4-9-32-23/h12-31H,3-11H2,1-2H3/t12?,13?,14-,15-,16?,17-,18+,19?,20+,21?,22?,23?,24+,25-/m1/s1. The summed E-state index contributed by atoms with van der Waals surface area (Å²) in [7, 11) is 0. The highest BCUT2D eigenvalue weighted by Gasteiger charge is 2.51. The zero-order valence-corrected chi connectivity index (χ0v) is 21.6. The van der Waals surface area contributed by atoms with Crippen molar-refractivity contribution in [2.45, 2.75) is 132 Å². The number of fused-ring (bicyclic) bond motifs is 1. The van der Waals surface area contributed by atoms with Gasteiger partial charge in [0.1, 0.15) is 42.7 Å². The number of rotatable bonds is 6. The molecule has 0 spiro atoms. The molecule has 4 aliphatic rings. The number of ether oxygens (including phenoxy) is 6. The Balaban J connectivity index is 1.52. The lowest BCUT2D eigenvalue weighted by Gasteiger charge is -2.47. The van der Waals surface area contributed by atoms with E-state index >= 15 is 0 Å². The second-order valence-corrected chi connectivity index (χ2v) is 10.8. The lowest BCUT2D eigenvalue weighted by atomic mass is 9.85. The quantitative estimate of drug-likeness (QED) is 0.239. The molecule has 0 aromatic rings. The van der Waals surface area contributed by atoms with Gasteiger partial charge < -0.3 is 59.1 Å². The van der Waals surface area contributed by atoms with Gasteiger partial charge in [-0.25, -0.2) is 0 Å². The van der Waals surface area contributed by atoms with Crippen LogP contribution in [0.25, 0.3) is 0 Å². The molecule has 4 fully saturated rings. The molecule has 6 N–H and O–H groups in total. The van der Waals surface area contributed by atoms with E-state index in [0.29, 0.717) is 19.4 Å². The van der Waals surface area contributed by atoms with Gasteiger partial charge in [0.25, 0.3) is 0 Å². The second-order valence-electron chi connectivity index (χ2n) is 10.8. The highest BCUT2D eigenvalue weighted by molar-refractivity contribution is 4.95. The maximum Gasteiger partial charge on any atom is 0.187 e. The first-order valence-corrected chi connectivity index (χ1v) is 13.6. The molecule has 0 radical (unpaired) electrons. The molecule has 1 aliphatic carbocycles. The molecule has 12 heteroatoms. The first-order valence-electron chi connectivity index (χ1n) is 13.6. The van der Waals surface area contributed by atoms with Gasteiger partial charge in [0, 0.05) is 6.61 Å². The second kappa shape index (κ2) is 13.2. The van der Waals surface area contributed by atoms with Crippen LogP contribution in [0, 0.1) is 5.92 Å². The van der Waals surface area contributed by atoms with Gasteiger partial charge in [0.05, 0.1) is 37.6 Å². The molecule has 3 aliphatic heterocycles. The monoisotopic (exact) mass is 536 g/mol. The minimum atomic E-state index is -1.44. The molecule has 0 aromatic heterocycles. The lowest BCUT2D eigenvalue weighted by molar-refractivity contribution is -0.352. The Labute approximate surface area is 217 Å². The average Bonchev–Trinajstić information content (AvgIpc) is 3.00. The summed E-state index contributed by atoms with van der Waals surface area (Å²) >= 11 is 0. The summed E-state index contributed by atoms with van der Waals surface area (Å²) in [6, 6.07) is 0. The Morgan fingerprint density at radius 1 is 0.703 bits per heavy atom. The summed E-state index contributed by atoms with van der Waals surface area (Å²) in [5.41, 5.74) is 0. The van der Waals surface area contributed by atoms with Gasteiger partial charge in [0.15, 0.2) is 12.6 Å². The summed E-state index contributed by atoms with van der Waals surface area (Å²) in [6.07, 6.45) is -7.89. The third kappa shape index (κ3) is 6.64. The molecule has 12 nitrogen and oxygen atoms in total. The van der Waals surface area contributed by atoms with E-state index in [0.717, 1.165) is 25.7 Å². The summed E-state index contributed by atoms with van der Waals surface area (Å²) in [5, 5.41) is 61.3. The van der Waals surface area contributed by atoms with E-state index in [-0.39, 0.29) is 12.5 Å². The minimum Gasteiger partial charge on any atom is -0.394 e. The molecule has 0 bridgehead atoms. The first kappa shape index (κ1) is 29.5. The van der Waals surface area contributed by atoms with Gasteiger partial charge in [-0.2, -0.15) is 0 Å². The molecule has 216 valence electrons. The van der Waals surface area contributed by atoms with Crippen molar-refractivity contribution in [1.82, 2.24) is 0 Å². The van der Waals surface area contributed by atoms with E-state index in [1.165, 1.54) is 0 Å². The van der Waals surface area contributed by atoms with Crippen LogP contribution in [-0.2, 0) is 28.4 Å². The lowest BCUT2D eigenvalue weighted by Crippen LogP contribution is -2.63. The first-order chi connectivity index (χ1) is 17.7. The molecule has 0 aromatic carbocycles. The number of aliphatic hydroxyl groups is 6. The van der Waals surface area contributed by atoms with Crippen molar-refractivity contribution >= 4 is 0 Å². The highest BCUT2D eigenvalue weighted by atomic mass is 16.7. The molecule has 4 rings (SSSR count). The zero-order valence-electron chi connectivity index (χ0n) is 21.6. The number of hydrogen-bond donors (Lipinski definition) is 6. The van der Waals surface area contributed by atoms with E-state index in [1.54, 1.807) is 6.92 Å². The van der Waals surface area contributed by atoms with Crippen molar-refractivity contribution < 1.29 is 59.1 Å². The van der Waals surface area contributed by atoms with Crippen LogP contribution in [-0.4, -0.2) is 130 Å². The van der Waals surface area contributed by atoms with Gasteiger partial charge >= 0.3 is 0 Å². The van der Waals surface area contributed by atoms with Gasteiger partial charge in [-0.15, -0.1) is 0 Å². The van der Waals surface area contributed by atoms with E-state index in [4.69, 9.17) is 28.4 Å². The van der Waals surface area contributed by atoms with E-state index < -0.39 is 86.3 Å². The minimum absolute atomic E-state index is 0.0175. The van der Waals surface area contributed by atoms with E-state index in [1.807, 2.05) is 6.92 Å². The number of hydrogen-bond acceptors (Lipinski definition) is 12. The fraction of sp³-hybridized carbons (Fsp3) is 1.00. The van der Waals surface area contributed by atoms with Crippen LogP contribution in [0.3, 0.4) is 0 Å². The summed E-state index contributed by atoms with van der Waals surface area (Å²) in [5.74, 6) is 0.0175. The smallest absolute Gasteiger partial charge is 0.187 e. The van der Waals surface area contributed by atoms with Crippen molar-refractivity contribution in [2.24, 2.45) is 5.92 Å². The molecule has 37 heavy (non-hydrogen) atoms. The Hall–Kier alpha value is -0.480. The Morgan fingerprint density at radius 2 is 1.49 bits per heavy atom. The van der Waals surface area contributed by atoms with Gasteiger partial charge in [-0.3, -0.25) is 0 Å². The molecule has 0 amide bonds. The molecule has 7 unspecified atom stereocenters. The van der Waals surface area contributed by atoms with Crippen LogP contribution in [0.5, 0.6) is 0 Å². The van der Waals surface area contributed by atoms with E-state index in [2.05, 4.69) is 0 Å². The zero-order chi connectivity index (χ0) is 26.7. The predicted molar refractivity (Wildman–Crippen MR) is 126 cm³/mol. The largest absolute Gasteiger partial charge is 0.394 e. The molecule has 3 heterocycles. The highest BCUT2D eigenvalue weighted by Crippen LogP contribution is 2.36. The molecular weight excluding hydrogens is 492 g/mol. The molecular formula is C25H44O12. The topological polar surface area (TPSA) is 177 Å². The van der Waals surface area contributed by atoms with Crippen molar-refractivity contribution in [3.63, 3.8) is 0 Å². The Bertz CT molecular complexity index is 699.